The Kier molecular flexibility index (Phi) is 4.68. The Labute approximate surface area is 83.0 Å². The van der Waals surface area contributed by atoms with Gasteiger partial charge in [-0.05, 0) is 24.4 Å². The Morgan fingerprint density at radius 3 is 2.92 bits per heavy atom. The second-order valence-corrected chi connectivity index (χ2v) is 7.36. The average molecular weight is 204 g/mol. The normalized spacial score (nSPS) is 31.0. The van der Waals surface area contributed by atoms with Crippen LogP contribution in [0.4, 0.5) is 0 Å². The standard InChI is InChI=1S/C9H20OSSi/c1-8(2)5-7-12-6-3-4-9(11)10-12/h8-9,11-12H,3-7H2,1-2H3. The molecule has 0 aromatic carbocycles. The summed E-state index contributed by atoms with van der Waals surface area (Å²) < 4.78 is 5.84. The van der Waals surface area contributed by atoms with Crippen LogP contribution in [0.25, 0.3) is 0 Å². The third-order valence-electron chi connectivity index (χ3n) is 2.39. The van der Waals surface area contributed by atoms with Crippen LogP contribution < -0.4 is 0 Å². The molecule has 1 aliphatic heterocycles. The molecule has 0 saturated carbocycles. The van der Waals surface area contributed by atoms with E-state index in [9.17, 15) is 0 Å². The van der Waals surface area contributed by atoms with Gasteiger partial charge >= 0.3 is 0 Å². The van der Waals surface area contributed by atoms with E-state index in [1.54, 1.807) is 0 Å². The second-order valence-electron chi connectivity index (χ2n) is 4.11. The molecule has 1 rings (SSSR count). The third-order valence-corrected chi connectivity index (χ3v) is 5.74. The van der Waals surface area contributed by atoms with E-state index in [1.165, 1.54) is 24.9 Å². The molecule has 2 atom stereocenters. The van der Waals surface area contributed by atoms with Crippen LogP contribution in [0, 0.1) is 5.92 Å². The quantitative estimate of drug-likeness (QED) is 0.549. The molecule has 0 radical (unpaired) electrons. The van der Waals surface area contributed by atoms with Crippen molar-refractivity contribution in [3.05, 3.63) is 0 Å². The van der Waals surface area contributed by atoms with Crippen LogP contribution >= 0.6 is 12.6 Å². The van der Waals surface area contributed by atoms with Gasteiger partial charge < -0.3 is 4.43 Å². The molecule has 1 heterocycles. The van der Waals surface area contributed by atoms with E-state index in [4.69, 9.17) is 4.43 Å². The zero-order valence-electron chi connectivity index (χ0n) is 8.12. The maximum atomic E-state index is 5.84. The predicted octanol–water partition coefficient (Wildman–Crippen LogP) is 2.82. The van der Waals surface area contributed by atoms with Gasteiger partial charge in [-0.3, -0.25) is 0 Å². The summed E-state index contributed by atoms with van der Waals surface area (Å²) in [5.41, 5.74) is 0.266. The molecule has 0 aromatic rings. The van der Waals surface area contributed by atoms with Crippen LogP contribution in [-0.4, -0.2) is 14.5 Å². The first-order chi connectivity index (χ1) is 5.68. The molecule has 0 N–H and O–H groups in total. The van der Waals surface area contributed by atoms with E-state index in [0.29, 0.717) is 0 Å². The number of rotatable bonds is 3. The smallest absolute Gasteiger partial charge is 0.178 e. The highest BCUT2D eigenvalue weighted by molar-refractivity contribution is 7.80. The highest BCUT2D eigenvalue weighted by atomic mass is 32.1. The maximum Gasteiger partial charge on any atom is 0.178 e. The second kappa shape index (κ2) is 5.30. The van der Waals surface area contributed by atoms with E-state index in [-0.39, 0.29) is 5.44 Å². The monoisotopic (exact) mass is 204 g/mol. The van der Waals surface area contributed by atoms with Gasteiger partial charge in [0.25, 0.3) is 0 Å². The molecule has 72 valence electrons. The minimum atomic E-state index is -0.817. The van der Waals surface area contributed by atoms with Gasteiger partial charge in [-0.15, -0.1) is 12.6 Å². The van der Waals surface area contributed by atoms with Gasteiger partial charge in [0.05, 0.1) is 5.44 Å². The SMILES string of the molecule is CC(C)CC[SiH]1CCCC(S)O1. The number of hydrogen-bond donors (Lipinski definition) is 1. The van der Waals surface area contributed by atoms with Gasteiger partial charge in [0.2, 0.25) is 0 Å². The zero-order valence-corrected chi connectivity index (χ0v) is 10.2. The van der Waals surface area contributed by atoms with Crippen LogP contribution in [-0.2, 0) is 4.43 Å². The fraction of sp³-hybridized carbons (Fsp3) is 1.00. The van der Waals surface area contributed by atoms with Gasteiger partial charge in [-0.25, -0.2) is 0 Å². The van der Waals surface area contributed by atoms with Gasteiger partial charge in [0.15, 0.2) is 9.04 Å². The van der Waals surface area contributed by atoms with Gasteiger partial charge in [-0.1, -0.05) is 26.7 Å². The zero-order chi connectivity index (χ0) is 8.97. The average Bonchev–Trinajstić information content (AvgIpc) is 2.01. The molecule has 1 aliphatic rings. The summed E-state index contributed by atoms with van der Waals surface area (Å²) in [6.45, 7) is 4.57. The van der Waals surface area contributed by atoms with Gasteiger partial charge in [0.1, 0.15) is 0 Å². The third kappa shape index (κ3) is 3.96. The lowest BCUT2D eigenvalue weighted by atomic mass is 10.2. The topological polar surface area (TPSA) is 9.23 Å². The molecule has 0 amide bonds. The molecule has 0 aromatic heterocycles. The number of hydrogen-bond acceptors (Lipinski definition) is 2. The summed E-state index contributed by atoms with van der Waals surface area (Å²) in [4.78, 5) is 0. The van der Waals surface area contributed by atoms with E-state index in [2.05, 4.69) is 26.5 Å². The molecule has 3 heteroatoms. The summed E-state index contributed by atoms with van der Waals surface area (Å²) in [6, 6.07) is 2.73. The Morgan fingerprint density at radius 2 is 2.33 bits per heavy atom. The maximum absolute atomic E-state index is 5.84. The summed E-state index contributed by atoms with van der Waals surface area (Å²) >= 11 is 4.38. The molecular formula is C9H20OSSi. The molecule has 1 nitrogen and oxygen atoms in total. The summed E-state index contributed by atoms with van der Waals surface area (Å²) in [7, 11) is -0.817. The molecule has 1 saturated heterocycles. The van der Waals surface area contributed by atoms with Crippen molar-refractivity contribution in [2.45, 2.75) is 50.6 Å². The first-order valence-electron chi connectivity index (χ1n) is 5.02. The molecule has 12 heavy (non-hydrogen) atoms. The van der Waals surface area contributed by atoms with E-state index in [0.717, 1.165) is 12.3 Å². The largest absolute Gasteiger partial charge is 0.409 e. The van der Waals surface area contributed by atoms with Crippen molar-refractivity contribution in [2.75, 3.05) is 0 Å². The van der Waals surface area contributed by atoms with Gasteiger partial charge in [-0.2, -0.15) is 0 Å². The fourth-order valence-electron chi connectivity index (χ4n) is 1.61. The van der Waals surface area contributed by atoms with E-state index in [1.807, 2.05) is 0 Å². The summed E-state index contributed by atoms with van der Waals surface area (Å²) in [5, 5.41) is 0. The number of thiol groups is 1. The Balaban J connectivity index is 2.14. The van der Waals surface area contributed by atoms with Crippen LogP contribution in [0.2, 0.25) is 12.1 Å². The Morgan fingerprint density at radius 1 is 1.58 bits per heavy atom. The highest BCUT2D eigenvalue weighted by Crippen LogP contribution is 2.23. The van der Waals surface area contributed by atoms with Crippen LogP contribution in [0.5, 0.6) is 0 Å². The highest BCUT2D eigenvalue weighted by Gasteiger charge is 2.21. The van der Waals surface area contributed by atoms with Crippen molar-refractivity contribution >= 4 is 21.7 Å². The lowest BCUT2D eigenvalue weighted by Crippen LogP contribution is -2.27. The van der Waals surface area contributed by atoms with Crippen molar-refractivity contribution in [1.82, 2.24) is 0 Å². The van der Waals surface area contributed by atoms with Crippen molar-refractivity contribution in [3.63, 3.8) is 0 Å². The van der Waals surface area contributed by atoms with Crippen LogP contribution in [0.15, 0.2) is 0 Å². The van der Waals surface area contributed by atoms with Crippen LogP contribution in [0.1, 0.15) is 33.1 Å². The first kappa shape index (κ1) is 10.6. The molecule has 0 aliphatic carbocycles. The predicted molar refractivity (Wildman–Crippen MR) is 59.3 cm³/mol. The lowest BCUT2D eigenvalue weighted by molar-refractivity contribution is 0.254. The van der Waals surface area contributed by atoms with Crippen molar-refractivity contribution in [2.24, 2.45) is 5.92 Å². The molecular weight excluding hydrogens is 184 g/mol. The van der Waals surface area contributed by atoms with E-state index >= 15 is 0 Å². The minimum absolute atomic E-state index is 0.266. The summed E-state index contributed by atoms with van der Waals surface area (Å²) in [5.74, 6) is 0.835. The van der Waals surface area contributed by atoms with Crippen molar-refractivity contribution in [3.8, 4) is 0 Å². The Hall–Kier alpha value is 0.527. The van der Waals surface area contributed by atoms with Crippen molar-refractivity contribution < 1.29 is 4.43 Å². The molecule has 0 spiro atoms. The molecule has 1 fully saturated rings. The van der Waals surface area contributed by atoms with Crippen molar-refractivity contribution in [1.29, 1.82) is 0 Å². The van der Waals surface area contributed by atoms with Gasteiger partial charge in [0, 0.05) is 0 Å². The summed E-state index contributed by atoms with van der Waals surface area (Å²) in [6.07, 6.45) is 3.86. The Bertz CT molecular complexity index is 130. The molecule has 2 unspecified atom stereocenters. The van der Waals surface area contributed by atoms with Crippen LogP contribution in [0.3, 0.4) is 0 Å². The van der Waals surface area contributed by atoms with E-state index < -0.39 is 9.04 Å². The fourth-order valence-corrected chi connectivity index (χ4v) is 5.18. The minimum Gasteiger partial charge on any atom is -0.409 e. The lowest BCUT2D eigenvalue weighted by Gasteiger charge is -2.26. The molecule has 0 bridgehead atoms. The first-order valence-corrected chi connectivity index (χ1v) is 7.64.